The zero-order chi connectivity index (χ0) is 24.0. The third-order valence-electron chi connectivity index (χ3n) is 5.08. The Labute approximate surface area is 195 Å². The van der Waals surface area contributed by atoms with E-state index in [0.717, 1.165) is 17.0 Å². The molecule has 1 atom stereocenters. The molecule has 3 aromatic rings. The molecule has 0 aliphatic carbocycles. The smallest absolute Gasteiger partial charge is 0.241 e. The lowest BCUT2D eigenvalue weighted by Crippen LogP contribution is -2.47. The number of hydrogen-bond donors (Lipinski definition) is 2. The molecule has 0 saturated carbocycles. The maximum atomic E-state index is 12.9. The fourth-order valence-corrected chi connectivity index (χ4v) is 4.50. The summed E-state index contributed by atoms with van der Waals surface area (Å²) in [6.45, 7) is 5.95. The normalized spacial score (nSPS) is 12.5. The highest BCUT2D eigenvalue weighted by molar-refractivity contribution is 7.89. The minimum atomic E-state index is -3.83. The molecule has 0 aliphatic rings. The van der Waals surface area contributed by atoms with E-state index in [1.807, 2.05) is 45.0 Å². The van der Waals surface area contributed by atoms with Crippen molar-refractivity contribution in [2.75, 3.05) is 7.11 Å². The summed E-state index contributed by atoms with van der Waals surface area (Å²) in [6.07, 6.45) is 2.17. The molecule has 1 amide bonds. The molecule has 1 heterocycles. The Balaban J connectivity index is 1.66. The Kier molecular flexibility index (Phi) is 7.88. The van der Waals surface area contributed by atoms with Crippen LogP contribution in [0, 0.1) is 12.8 Å². The van der Waals surface area contributed by atoms with Crippen molar-refractivity contribution in [1.82, 2.24) is 19.8 Å². The third kappa shape index (κ3) is 6.66. The first-order valence-corrected chi connectivity index (χ1v) is 12.2. The summed E-state index contributed by atoms with van der Waals surface area (Å²) in [6, 6.07) is 14.9. The van der Waals surface area contributed by atoms with E-state index in [9.17, 15) is 13.2 Å². The maximum Gasteiger partial charge on any atom is 0.241 e. The lowest BCUT2D eigenvalue weighted by atomic mass is 10.0. The van der Waals surface area contributed by atoms with Crippen molar-refractivity contribution in [3.63, 3.8) is 0 Å². The molecule has 33 heavy (non-hydrogen) atoms. The Hall–Kier alpha value is -3.17. The minimum Gasteiger partial charge on any atom is -0.497 e. The number of rotatable bonds is 10. The molecule has 0 aliphatic heterocycles. The number of amides is 1. The molecule has 8 nitrogen and oxygen atoms in total. The van der Waals surface area contributed by atoms with Gasteiger partial charge >= 0.3 is 0 Å². The number of carbonyl (C=O) groups is 1. The SMILES string of the molecule is COc1ccc(-n2ccc(CNC(=O)C(CC(C)C)NS(=O)(=O)c3ccc(C)cc3)n2)cc1. The summed E-state index contributed by atoms with van der Waals surface area (Å²) >= 11 is 0. The molecule has 2 N–H and O–H groups in total. The molecule has 176 valence electrons. The van der Waals surface area contributed by atoms with E-state index in [1.165, 1.54) is 12.1 Å². The van der Waals surface area contributed by atoms with Gasteiger partial charge in [0.05, 0.1) is 29.9 Å². The van der Waals surface area contributed by atoms with Gasteiger partial charge in [-0.2, -0.15) is 9.82 Å². The number of nitrogens with one attached hydrogen (secondary N) is 2. The molecule has 0 saturated heterocycles. The summed E-state index contributed by atoms with van der Waals surface area (Å²) in [7, 11) is -2.22. The highest BCUT2D eigenvalue weighted by Crippen LogP contribution is 2.15. The van der Waals surface area contributed by atoms with Crippen molar-refractivity contribution in [2.24, 2.45) is 5.92 Å². The van der Waals surface area contributed by atoms with E-state index in [4.69, 9.17) is 4.74 Å². The summed E-state index contributed by atoms with van der Waals surface area (Å²) in [5.41, 5.74) is 2.47. The number of nitrogens with zero attached hydrogens (tertiary/aromatic N) is 2. The van der Waals surface area contributed by atoms with Crippen LogP contribution in [0.15, 0.2) is 65.7 Å². The standard InChI is InChI=1S/C24H30N4O4S/c1-17(2)15-23(27-33(30,31)22-11-5-18(3)6-12-22)24(29)25-16-19-13-14-28(26-19)20-7-9-21(32-4)10-8-20/h5-14,17,23,27H,15-16H2,1-4H3,(H,25,29). The second-order valence-electron chi connectivity index (χ2n) is 8.28. The average Bonchev–Trinajstić information content (AvgIpc) is 3.26. The highest BCUT2D eigenvalue weighted by Gasteiger charge is 2.26. The van der Waals surface area contributed by atoms with Crippen LogP contribution in [0.25, 0.3) is 5.69 Å². The van der Waals surface area contributed by atoms with Crippen LogP contribution in [-0.2, 0) is 21.4 Å². The molecule has 1 unspecified atom stereocenters. The van der Waals surface area contributed by atoms with Crippen molar-refractivity contribution in [2.45, 2.75) is 44.7 Å². The van der Waals surface area contributed by atoms with E-state index < -0.39 is 22.0 Å². The Morgan fingerprint density at radius 2 is 1.73 bits per heavy atom. The number of benzene rings is 2. The topological polar surface area (TPSA) is 102 Å². The molecule has 0 spiro atoms. The van der Waals surface area contributed by atoms with E-state index in [2.05, 4.69) is 15.1 Å². The zero-order valence-electron chi connectivity index (χ0n) is 19.3. The van der Waals surface area contributed by atoms with Crippen molar-refractivity contribution >= 4 is 15.9 Å². The summed E-state index contributed by atoms with van der Waals surface area (Å²) in [4.78, 5) is 13.0. The monoisotopic (exact) mass is 470 g/mol. The lowest BCUT2D eigenvalue weighted by Gasteiger charge is -2.20. The average molecular weight is 471 g/mol. The van der Waals surface area contributed by atoms with E-state index in [0.29, 0.717) is 12.1 Å². The molecule has 0 bridgehead atoms. The van der Waals surface area contributed by atoms with Crippen LogP contribution in [0.2, 0.25) is 0 Å². The van der Waals surface area contributed by atoms with Gasteiger partial charge in [-0.15, -0.1) is 0 Å². The van der Waals surface area contributed by atoms with E-state index in [1.54, 1.807) is 36.2 Å². The fraction of sp³-hybridized carbons (Fsp3) is 0.333. The predicted octanol–water partition coefficient (Wildman–Crippen LogP) is 3.20. The van der Waals surface area contributed by atoms with E-state index in [-0.39, 0.29) is 17.4 Å². The summed E-state index contributed by atoms with van der Waals surface area (Å²) in [5, 5.41) is 7.29. The second-order valence-corrected chi connectivity index (χ2v) is 10.00. The third-order valence-corrected chi connectivity index (χ3v) is 6.56. The zero-order valence-corrected chi connectivity index (χ0v) is 20.1. The first kappa shape index (κ1) is 24.5. The van der Waals surface area contributed by atoms with Crippen LogP contribution in [0.3, 0.4) is 0 Å². The number of carbonyl (C=O) groups excluding carboxylic acids is 1. The van der Waals surface area contributed by atoms with Gasteiger partial charge in [-0.3, -0.25) is 4.79 Å². The van der Waals surface area contributed by atoms with Gasteiger partial charge in [-0.1, -0.05) is 31.5 Å². The highest BCUT2D eigenvalue weighted by atomic mass is 32.2. The summed E-state index contributed by atoms with van der Waals surface area (Å²) in [5.74, 6) is 0.483. The molecule has 0 radical (unpaired) electrons. The predicted molar refractivity (Wildman–Crippen MR) is 127 cm³/mol. The minimum absolute atomic E-state index is 0.121. The number of methoxy groups -OCH3 is 1. The van der Waals surface area contributed by atoms with Crippen LogP contribution in [0.5, 0.6) is 5.75 Å². The Morgan fingerprint density at radius 1 is 1.06 bits per heavy atom. The van der Waals surface area contributed by atoms with Gasteiger partial charge in [0.1, 0.15) is 11.8 Å². The van der Waals surface area contributed by atoms with Crippen molar-refractivity contribution in [1.29, 1.82) is 0 Å². The van der Waals surface area contributed by atoms with Gasteiger partial charge < -0.3 is 10.1 Å². The molecule has 1 aromatic heterocycles. The van der Waals surface area contributed by atoms with Gasteiger partial charge in [-0.25, -0.2) is 13.1 Å². The molecule has 9 heteroatoms. The van der Waals surface area contributed by atoms with Crippen molar-refractivity contribution < 1.29 is 17.9 Å². The van der Waals surface area contributed by atoms with Gasteiger partial charge in [0.2, 0.25) is 15.9 Å². The fourth-order valence-electron chi connectivity index (χ4n) is 3.29. The van der Waals surface area contributed by atoms with Crippen molar-refractivity contribution in [3.8, 4) is 11.4 Å². The van der Waals surface area contributed by atoms with Gasteiger partial charge in [-0.05, 0) is 61.7 Å². The first-order chi connectivity index (χ1) is 15.7. The van der Waals surface area contributed by atoms with Crippen molar-refractivity contribution in [3.05, 3.63) is 72.1 Å². The van der Waals surface area contributed by atoms with Gasteiger partial charge in [0.25, 0.3) is 0 Å². The number of aromatic nitrogens is 2. The van der Waals surface area contributed by atoms with Crippen LogP contribution < -0.4 is 14.8 Å². The molecular weight excluding hydrogens is 440 g/mol. The maximum absolute atomic E-state index is 12.9. The number of aryl methyl sites for hydroxylation is 1. The quantitative estimate of drug-likeness (QED) is 0.474. The number of hydrogen-bond acceptors (Lipinski definition) is 5. The van der Waals surface area contributed by atoms with Gasteiger partial charge in [0, 0.05) is 6.20 Å². The number of ether oxygens (including phenoxy) is 1. The second kappa shape index (κ2) is 10.6. The van der Waals surface area contributed by atoms with E-state index >= 15 is 0 Å². The Bertz CT molecular complexity index is 1170. The lowest BCUT2D eigenvalue weighted by molar-refractivity contribution is -0.123. The molecule has 0 fully saturated rings. The Morgan fingerprint density at radius 3 is 2.33 bits per heavy atom. The van der Waals surface area contributed by atoms with Crippen LogP contribution in [0.1, 0.15) is 31.5 Å². The molecule has 2 aromatic carbocycles. The first-order valence-electron chi connectivity index (χ1n) is 10.7. The van der Waals surface area contributed by atoms with Crippen LogP contribution in [0.4, 0.5) is 0 Å². The molecular formula is C24H30N4O4S. The van der Waals surface area contributed by atoms with Crippen LogP contribution >= 0.6 is 0 Å². The van der Waals surface area contributed by atoms with Gasteiger partial charge in [0.15, 0.2) is 0 Å². The van der Waals surface area contributed by atoms with Crippen LogP contribution in [-0.4, -0.2) is 37.3 Å². The number of sulfonamides is 1. The summed E-state index contributed by atoms with van der Waals surface area (Å²) < 4.78 is 35.0. The largest absolute Gasteiger partial charge is 0.497 e. The molecule has 3 rings (SSSR count).